The van der Waals surface area contributed by atoms with Crippen molar-refractivity contribution in [2.24, 2.45) is 5.41 Å². The first-order valence-electron chi connectivity index (χ1n) is 10.9. The van der Waals surface area contributed by atoms with Crippen molar-refractivity contribution < 1.29 is 4.74 Å². The summed E-state index contributed by atoms with van der Waals surface area (Å²) < 4.78 is 5.46. The summed E-state index contributed by atoms with van der Waals surface area (Å²) in [5, 5.41) is 0. The standard InChI is InChI=1S/C25H37NOS/c1-21-6-4-7-22(20-21)8-5-9-23-10-11-24(28-23)12-13-25(2,3)14-15-26-16-18-27-19-17-26/h4,6-7,10-11,20H,5,8-9,12-19H2,1-3H3. The lowest BCUT2D eigenvalue weighted by atomic mass is 9.84. The highest BCUT2D eigenvalue weighted by atomic mass is 32.1. The van der Waals surface area contributed by atoms with Gasteiger partial charge < -0.3 is 4.74 Å². The van der Waals surface area contributed by atoms with Gasteiger partial charge in [0.1, 0.15) is 0 Å². The van der Waals surface area contributed by atoms with Gasteiger partial charge in [-0.2, -0.15) is 0 Å². The van der Waals surface area contributed by atoms with Crippen LogP contribution < -0.4 is 0 Å². The Morgan fingerprint density at radius 3 is 2.46 bits per heavy atom. The molecule has 0 unspecified atom stereocenters. The zero-order valence-corrected chi connectivity index (χ0v) is 18.8. The Morgan fingerprint density at radius 2 is 1.71 bits per heavy atom. The number of hydrogen-bond donors (Lipinski definition) is 0. The first-order valence-corrected chi connectivity index (χ1v) is 11.8. The number of thiophene rings is 1. The molecule has 1 aliphatic rings. The van der Waals surface area contributed by atoms with Crippen molar-refractivity contribution in [2.75, 3.05) is 32.8 Å². The zero-order valence-electron chi connectivity index (χ0n) is 18.0. The van der Waals surface area contributed by atoms with Crippen LogP contribution in [0.3, 0.4) is 0 Å². The highest BCUT2D eigenvalue weighted by Gasteiger charge is 2.20. The van der Waals surface area contributed by atoms with Crippen molar-refractivity contribution in [3.8, 4) is 0 Å². The second-order valence-corrected chi connectivity index (χ2v) is 10.3. The molecule has 3 rings (SSSR count). The zero-order chi connectivity index (χ0) is 19.8. The van der Waals surface area contributed by atoms with Crippen LogP contribution in [0, 0.1) is 12.3 Å². The molecule has 154 valence electrons. The summed E-state index contributed by atoms with van der Waals surface area (Å²) in [7, 11) is 0. The minimum Gasteiger partial charge on any atom is -0.379 e. The van der Waals surface area contributed by atoms with Gasteiger partial charge in [-0.15, -0.1) is 11.3 Å². The van der Waals surface area contributed by atoms with E-state index in [9.17, 15) is 0 Å². The predicted molar refractivity (Wildman–Crippen MR) is 122 cm³/mol. The fourth-order valence-corrected chi connectivity index (χ4v) is 4.96. The average molecular weight is 400 g/mol. The van der Waals surface area contributed by atoms with Crippen molar-refractivity contribution in [2.45, 2.75) is 59.3 Å². The third kappa shape index (κ3) is 7.35. The molecule has 28 heavy (non-hydrogen) atoms. The summed E-state index contributed by atoms with van der Waals surface area (Å²) in [6, 6.07) is 13.7. The lowest BCUT2D eigenvalue weighted by Gasteiger charge is -2.31. The highest BCUT2D eigenvalue weighted by Crippen LogP contribution is 2.30. The summed E-state index contributed by atoms with van der Waals surface area (Å²) in [5.74, 6) is 0. The van der Waals surface area contributed by atoms with Crippen LogP contribution in [0.5, 0.6) is 0 Å². The number of morpholine rings is 1. The summed E-state index contributed by atoms with van der Waals surface area (Å²) in [4.78, 5) is 5.67. The van der Waals surface area contributed by atoms with Gasteiger partial charge in [-0.1, -0.05) is 43.7 Å². The van der Waals surface area contributed by atoms with Crippen molar-refractivity contribution in [3.63, 3.8) is 0 Å². The third-order valence-corrected chi connectivity index (χ3v) is 7.15. The van der Waals surface area contributed by atoms with Crippen LogP contribution in [0.15, 0.2) is 36.4 Å². The van der Waals surface area contributed by atoms with Crippen LogP contribution in [0.2, 0.25) is 0 Å². The Balaban J connectivity index is 1.37. The molecule has 0 saturated carbocycles. The van der Waals surface area contributed by atoms with Gasteiger partial charge in [0, 0.05) is 22.8 Å². The molecule has 0 atom stereocenters. The van der Waals surface area contributed by atoms with Crippen LogP contribution in [0.4, 0.5) is 0 Å². The van der Waals surface area contributed by atoms with E-state index in [0.717, 1.165) is 26.3 Å². The van der Waals surface area contributed by atoms with E-state index in [1.807, 2.05) is 11.3 Å². The second kappa shape index (κ2) is 10.6. The Hall–Kier alpha value is -1.16. The second-order valence-electron chi connectivity index (χ2n) is 9.08. The SMILES string of the molecule is Cc1cccc(CCCc2ccc(CCC(C)(C)CCN3CCOCC3)s2)c1. The van der Waals surface area contributed by atoms with Gasteiger partial charge in [-0.05, 0) is 75.1 Å². The van der Waals surface area contributed by atoms with Gasteiger partial charge in [0.05, 0.1) is 13.2 Å². The monoisotopic (exact) mass is 399 g/mol. The molecule has 2 aromatic rings. The van der Waals surface area contributed by atoms with Gasteiger partial charge in [0.15, 0.2) is 0 Å². The molecule has 0 bridgehead atoms. The van der Waals surface area contributed by atoms with Crippen molar-refractivity contribution in [1.29, 1.82) is 0 Å². The molecule has 1 saturated heterocycles. The molecule has 1 aliphatic heterocycles. The molecule has 0 radical (unpaired) electrons. The molecule has 3 heteroatoms. The molecule has 1 fully saturated rings. The molecule has 1 aromatic carbocycles. The molecule has 0 spiro atoms. The molecular formula is C25H37NOS. The van der Waals surface area contributed by atoms with E-state index in [4.69, 9.17) is 4.74 Å². The third-order valence-electron chi connectivity index (χ3n) is 5.95. The van der Waals surface area contributed by atoms with E-state index >= 15 is 0 Å². The van der Waals surface area contributed by atoms with Gasteiger partial charge in [0.2, 0.25) is 0 Å². The number of aryl methyl sites for hydroxylation is 4. The maximum Gasteiger partial charge on any atom is 0.0594 e. The Morgan fingerprint density at radius 1 is 0.964 bits per heavy atom. The van der Waals surface area contributed by atoms with Crippen LogP contribution in [0.25, 0.3) is 0 Å². The average Bonchev–Trinajstić information content (AvgIpc) is 3.14. The fraction of sp³-hybridized carbons (Fsp3) is 0.600. The summed E-state index contributed by atoms with van der Waals surface area (Å²) in [6.45, 7) is 12.3. The van der Waals surface area contributed by atoms with Crippen molar-refractivity contribution >= 4 is 11.3 Å². The first kappa shape index (κ1) is 21.5. The lowest BCUT2D eigenvalue weighted by Crippen LogP contribution is -2.38. The minimum absolute atomic E-state index is 0.410. The number of ether oxygens (including phenoxy) is 1. The Bertz CT molecular complexity index is 715. The number of benzene rings is 1. The Labute approximate surface area is 175 Å². The van der Waals surface area contributed by atoms with E-state index in [1.54, 1.807) is 9.75 Å². The van der Waals surface area contributed by atoms with E-state index < -0.39 is 0 Å². The summed E-state index contributed by atoms with van der Waals surface area (Å²) >= 11 is 2.03. The van der Waals surface area contributed by atoms with E-state index in [2.05, 4.69) is 62.1 Å². The largest absolute Gasteiger partial charge is 0.379 e. The van der Waals surface area contributed by atoms with Crippen LogP contribution >= 0.6 is 11.3 Å². The Kier molecular flexibility index (Phi) is 8.13. The van der Waals surface area contributed by atoms with Crippen LogP contribution in [-0.4, -0.2) is 37.7 Å². The van der Waals surface area contributed by atoms with Crippen LogP contribution in [0.1, 0.15) is 54.0 Å². The van der Waals surface area contributed by atoms with Crippen molar-refractivity contribution in [1.82, 2.24) is 4.90 Å². The topological polar surface area (TPSA) is 12.5 Å². The number of hydrogen-bond acceptors (Lipinski definition) is 3. The van der Waals surface area contributed by atoms with Gasteiger partial charge in [-0.3, -0.25) is 4.90 Å². The quantitative estimate of drug-likeness (QED) is 0.492. The fourth-order valence-electron chi connectivity index (χ4n) is 3.90. The van der Waals surface area contributed by atoms with Crippen LogP contribution in [-0.2, 0) is 24.0 Å². The maximum absolute atomic E-state index is 5.46. The lowest BCUT2D eigenvalue weighted by molar-refractivity contribution is 0.0323. The molecule has 0 amide bonds. The minimum atomic E-state index is 0.410. The first-order chi connectivity index (χ1) is 13.5. The normalized spacial score (nSPS) is 15.8. The van der Waals surface area contributed by atoms with Gasteiger partial charge in [-0.25, -0.2) is 0 Å². The van der Waals surface area contributed by atoms with Gasteiger partial charge in [0.25, 0.3) is 0 Å². The molecule has 0 aliphatic carbocycles. The highest BCUT2D eigenvalue weighted by molar-refractivity contribution is 7.11. The number of nitrogens with zero attached hydrogens (tertiary/aromatic N) is 1. The van der Waals surface area contributed by atoms with E-state index in [-0.39, 0.29) is 0 Å². The van der Waals surface area contributed by atoms with Gasteiger partial charge >= 0.3 is 0 Å². The summed E-state index contributed by atoms with van der Waals surface area (Å²) in [5.41, 5.74) is 3.25. The summed E-state index contributed by atoms with van der Waals surface area (Å²) in [6.07, 6.45) is 7.41. The van der Waals surface area contributed by atoms with E-state index in [0.29, 0.717) is 5.41 Å². The van der Waals surface area contributed by atoms with E-state index in [1.165, 1.54) is 56.2 Å². The molecule has 2 nitrogen and oxygen atoms in total. The predicted octanol–water partition coefficient (Wildman–Crippen LogP) is 5.91. The van der Waals surface area contributed by atoms with Crippen molar-refractivity contribution in [3.05, 3.63) is 57.3 Å². The maximum atomic E-state index is 5.46. The smallest absolute Gasteiger partial charge is 0.0594 e. The molecular weight excluding hydrogens is 362 g/mol. The molecule has 0 N–H and O–H groups in total. The number of rotatable bonds is 10. The molecule has 1 aromatic heterocycles. The molecule has 2 heterocycles.